The van der Waals surface area contributed by atoms with E-state index in [0.717, 1.165) is 4.83 Å². The fourth-order valence-electron chi connectivity index (χ4n) is 0.935. The summed E-state index contributed by atoms with van der Waals surface area (Å²) in [5.74, 6) is -0.862. The standard InChI is InChI=1S/C7H5NO2S/c9-7(10)5-4-8-3-1-2-6(8)11-5/h1-4H,(H,9,10). The Kier molecular flexibility index (Phi) is 1.22. The summed E-state index contributed by atoms with van der Waals surface area (Å²) in [6, 6.07) is 3.77. The highest BCUT2D eigenvalue weighted by Gasteiger charge is 2.06. The van der Waals surface area contributed by atoms with Gasteiger partial charge in [-0.3, -0.25) is 0 Å². The second kappa shape index (κ2) is 2.10. The van der Waals surface area contributed by atoms with Crippen molar-refractivity contribution in [1.82, 2.24) is 4.40 Å². The molecule has 2 aromatic rings. The summed E-state index contributed by atoms with van der Waals surface area (Å²) in [6.45, 7) is 0. The van der Waals surface area contributed by atoms with Gasteiger partial charge in [0.05, 0.1) is 4.83 Å². The first-order valence-corrected chi connectivity index (χ1v) is 3.89. The van der Waals surface area contributed by atoms with Crippen LogP contribution < -0.4 is 0 Å². The van der Waals surface area contributed by atoms with Gasteiger partial charge >= 0.3 is 5.97 Å². The van der Waals surface area contributed by atoms with E-state index in [2.05, 4.69) is 0 Å². The van der Waals surface area contributed by atoms with Crippen LogP contribution in [0.1, 0.15) is 9.67 Å². The molecule has 0 amide bonds. The average molecular weight is 167 g/mol. The zero-order valence-corrected chi connectivity index (χ0v) is 6.34. The second-order valence-electron chi connectivity index (χ2n) is 2.15. The van der Waals surface area contributed by atoms with Crippen molar-refractivity contribution in [3.05, 3.63) is 29.4 Å². The summed E-state index contributed by atoms with van der Waals surface area (Å²) in [4.78, 5) is 11.8. The molecular weight excluding hydrogens is 162 g/mol. The summed E-state index contributed by atoms with van der Waals surface area (Å²) in [6.07, 6.45) is 3.45. The predicted octanol–water partition coefficient (Wildman–Crippen LogP) is 1.70. The van der Waals surface area contributed by atoms with Crippen LogP contribution in [0.4, 0.5) is 0 Å². The smallest absolute Gasteiger partial charge is 0.347 e. The minimum atomic E-state index is -0.862. The molecular formula is C7H5NO2S. The van der Waals surface area contributed by atoms with E-state index in [1.165, 1.54) is 11.3 Å². The monoisotopic (exact) mass is 167 g/mol. The molecule has 0 spiro atoms. The molecule has 11 heavy (non-hydrogen) atoms. The normalized spacial score (nSPS) is 10.5. The first kappa shape index (κ1) is 6.42. The van der Waals surface area contributed by atoms with Crippen LogP contribution in [0.2, 0.25) is 0 Å². The molecule has 0 saturated heterocycles. The van der Waals surface area contributed by atoms with Crippen molar-refractivity contribution in [3.8, 4) is 0 Å². The molecule has 0 saturated carbocycles. The van der Waals surface area contributed by atoms with Gasteiger partial charge in [-0.15, -0.1) is 11.3 Å². The van der Waals surface area contributed by atoms with E-state index in [1.807, 2.05) is 18.3 Å². The SMILES string of the molecule is O=C(O)c1cn2cccc2s1. The van der Waals surface area contributed by atoms with Crippen LogP contribution in [0.15, 0.2) is 24.5 Å². The number of carboxylic acid groups (broad SMARTS) is 1. The minimum absolute atomic E-state index is 0.376. The van der Waals surface area contributed by atoms with Gasteiger partial charge in [-0.1, -0.05) is 0 Å². The maximum atomic E-state index is 10.5. The third-order valence-corrected chi connectivity index (χ3v) is 2.48. The van der Waals surface area contributed by atoms with E-state index >= 15 is 0 Å². The maximum absolute atomic E-state index is 10.5. The summed E-state index contributed by atoms with van der Waals surface area (Å²) in [7, 11) is 0. The van der Waals surface area contributed by atoms with Gasteiger partial charge in [0, 0.05) is 12.4 Å². The second-order valence-corrected chi connectivity index (χ2v) is 3.22. The molecule has 0 unspecified atom stereocenters. The van der Waals surface area contributed by atoms with Crippen LogP contribution in [0.3, 0.4) is 0 Å². The van der Waals surface area contributed by atoms with Gasteiger partial charge in [-0.2, -0.15) is 0 Å². The van der Waals surface area contributed by atoms with Crippen molar-refractivity contribution in [2.75, 3.05) is 0 Å². The highest BCUT2D eigenvalue weighted by Crippen LogP contribution is 2.17. The molecule has 0 aliphatic rings. The number of rotatable bonds is 1. The van der Waals surface area contributed by atoms with Crippen molar-refractivity contribution < 1.29 is 9.90 Å². The molecule has 0 radical (unpaired) electrons. The Morgan fingerprint density at radius 2 is 2.45 bits per heavy atom. The van der Waals surface area contributed by atoms with Gasteiger partial charge in [0.2, 0.25) is 0 Å². The molecule has 3 nitrogen and oxygen atoms in total. The van der Waals surface area contributed by atoms with E-state index in [9.17, 15) is 4.79 Å². The summed E-state index contributed by atoms with van der Waals surface area (Å²) < 4.78 is 1.80. The molecule has 0 bridgehead atoms. The lowest BCUT2D eigenvalue weighted by Crippen LogP contribution is -1.90. The first-order valence-electron chi connectivity index (χ1n) is 3.07. The Morgan fingerprint density at radius 1 is 1.64 bits per heavy atom. The number of carboxylic acids is 1. The van der Waals surface area contributed by atoms with Gasteiger partial charge in [-0.05, 0) is 12.1 Å². The van der Waals surface area contributed by atoms with Crippen LogP contribution in [0.5, 0.6) is 0 Å². The van der Waals surface area contributed by atoms with Crippen LogP contribution in [0, 0.1) is 0 Å². The number of hydrogen-bond donors (Lipinski definition) is 1. The number of carbonyl (C=O) groups is 1. The molecule has 4 heteroatoms. The third kappa shape index (κ3) is 0.914. The van der Waals surface area contributed by atoms with Crippen molar-refractivity contribution in [2.45, 2.75) is 0 Å². The van der Waals surface area contributed by atoms with Crippen LogP contribution in [-0.2, 0) is 0 Å². The Morgan fingerprint density at radius 3 is 3.09 bits per heavy atom. The largest absolute Gasteiger partial charge is 0.477 e. The van der Waals surface area contributed by atoms with Gasteiger partial charge in [0.15, 0.2) is 0 Å². The molecule has 1 N–H and O–H groups in total. The molecule has 0 aliphatic carbocycles. The van der Waals surface area contributed by atoms with Crippen LogP contribution in [0.25, 0.3) is 4.83 Å². The fourth-order valence-corrected chi connectivity index (χ4v) is 1.78. The van der Waals surface area contributed by atoms with Crippen molar-refractivity contribution in [2.24, 2.45) is 0 Å². The molecule has 0 atom stereocenters. The van der Waals surface area contributed by atoms with Crippen molar-refractivity contribution >= 4 is 22.1 Å². The number of thiazole rings is 1. The van der Waals surface area contributed by atoms with E-state index in [0.29, 0.717) is 4.88 Å². The fraction of sp³-hybridized carbons (Fsp3) is 0. The topological polar surface area (TPSA) is 41.7 Å². The average Bonchev–Trinajstić information content (AvgIpc) is 2.40. The van der Waals surface area contributed by atoms with E-state index in [1.54, 1.807) is 10.6 Å². The Labute approximate surface area is 66.5 Å². The Bertz CT molecular complexity index is 373. The molecule has 0 aromatic carbocycles. The molecule has 0 aliphatic heterocycles. The highest BCUT2D eigenvalue weighted by atomic mass is 32.1. The maximum Gasteiger partial charge on any atom is 0.347 e. The lowest BCUT2D eigenvalue weighted by molar-refractivity contribution is 0.0702. The minimum Gasteiger partial charge on any atom is -0.477 e. The Hall–Kier alpha value is -1.29. The number of aromatic carboxylic acids is 1. The number of fused-ring (bicyclic) bond motifs is 1. The summed E-state index contributed by atoms with van der Waals surface area (Å²) >= 11 is 1.28. The quantitative estimate of drug-likeness (QED) is 0.702. The lowest BCUT2D eigenvalue weighted by Gasteiger charge is -1.79. The molecule has 0 fully saturated rings. The molecule has 2 heterocycles. The number of aromatic nitrogens is 1. The van der Waals surface area contributed by atoms with Gasteiger partial charge in [0.1, 0.15) is 4.88 Å². The lowest BCUT2D eigenvalue weighted by atomic mass is 10.6. The molecule has 2 aromatic heterocycles. The van der Waals surface area contributed by atoms with Crippen LogP contribution >= 0.6 is 11.3 Å². The molecule has 2 rings (SSSR count). The third-order valence-electron chi connectivity index (χ3n) is 1.42. The van der Waals surface area contributed by atoms with E-state index in [4.69, 9.17) is 5.11 Å². The number of nitrogens with zero attached hydrogens (tertiary/aromatic N) is 1. The predicted molar refractivity (Wildman–Crippen MR) is 42.2 cm³/mol. The van der Waals surface area contributed by atoms with E-state index in [-0.39, 0.29) is 0 Å². The Balaban J connectivity index is 2.67. The van der Waals surface area contributed by atoms with E-state index < -0.39 is 5.97 Å². The highest BCUT2D eigenvalue weighted by molar-refractivity contribution is 7.19. The summed E-state index contributed by atoms with van der Waals surface area (Å²) in [5.41, 5.74) is 0. The van der Waals surface area contributed by atoms with Crippen LogP contribution in [-0.4, -0.2) is 15.5 Å². The van der Waals surface area contributed by atoms with Gasteiger partial charge < -0.3 is 9.51 Å². The zero-order valence-electron chi connectivity index (χ0n) is 5.52. The zero-order chi connectivity index (χ0) is 7.84. The molecule has 56 valence electrons. The van der Waals surface area contributed by atoms with Crippen molar-refractivity contribution in [3.63, 3.8) is 0 Å². The van der Waals surface area contributed by atoms with Crippen molar-refractivity contribution in [1.29, 1.82) is 0 Å². The first-order chi connectivity index (χ1) is 5.27. The number of hydrogen-bond acceptors (Lipinski definition) is 2. The summed E-state index contributed by atoms with van der Waals surface area (Å²) in [5, 5.41) is 8.60. The van der Waals surface area contributed by atoms with Gasteiger partial charge in [-0.25, -0.2) is 4.79 Å². The van der Waals surface area contributed by atoms with Gasteiger partial charge in [0.25, 0.3) is 0 Å².